The third kappa shape index (κ3) is 2.67. The summed E-state index contributed by atoms with van der Waals surface area (Å²) in [6.45, 7) is 3.83. The maximum atomic E-state index is 14.0. The van der Waals surface area contributed by atoms with Gasteiger partial charge in [0.05, 0.1) is 0 Å². The number of benzene rings is 1. The molecule has 1 heterocycles. The van der Waals surface area contributed by atoms with Crippen molar-refractivity contribution >= 4 is 0 Å². The molecule has 1 atom stereocenters. The van der Waals surface area contributed by atoms with Gasteiger partial charge in [-0.15, -0.1) is 0 Å². The molecule has 2 rings (SSSR count). The number of hydrogen-bond acceptors (Lipinski definition) is 2. The normalized spacial score (nSPS) is 24.5. The van der Waals surface area contributed by atoms with Gasteiger partial charge in [-0.25, -0.2) is 4.39 Å². The first-order chi connectivity index (χ1) is 8.01. The van der Waals surface area contributed by atoms with Crippen LogP contribution in [0.3, 0.4) is 0 Å². The molecule has 0 aliphatic carbocycles. The van der Waals surface area contributed by atoms with Crippen molar-refractivity contribution in [2.75, 3.05) is 20.6 Å². The minimum atomic E-state index is -0.0916. The molecule has 1 fully saturated rings. The zero-order valence-electron chi connectivity index (χ0n) is 10.9. The molecule has 0 amide bonds. The van der Waals surface area contributed by atoms with E-state index >= 15 is 0 Å². The Morgan fingerprint density at radius 3 is 2.71 bits per heavy atom. The first-order valence-electron chi connectivity index (χ1n) is 6.20. The van der Waals surface area contributed by atoms with Crippen LogP contribution in [0.1, 0.15) is 30.9 Å². The van der Waals surface area contributed by atoms with Crippen LogP contribution >= 0.6 is 0 Å². The Bertz CT molecular complexity index is 395. The molecule has 0 bridgehead atoms. The second-order valence-corrected chi connectivity index (χ2v) is 5.41. The molecule has 2 nitrogen and oxygen atoms in total. The summed E-state index contributed by atoms with van der Waals surface area (Å²) in [5.41, 5.74) is 1.78. The van der Waals surface area contributed by atoms with Crippen molar-refractivity contribution in [2.45, 2.75) is 31.8 Å². The lowest BCUT2D eigenvalue weighted by Crippen LogP contribution is -2.33. The molecule has 1 unspecified atom stereocenters. The van der Waals surface area contributed by atoms with Gasteiger partial charge >= 0.3 is 0 Å². The molecule has 94 valence electrons. The summed E-state index contributed by atoms with van der Waals surface area (Å²) in [5, 5.41) is 3.46. The van der Waals surface area contributed by atoms with Crippen LogP contribution in [0.2, 0.25) is 0 Å². The van der Waals surface area contributed by atoms with Gasteiger partial charge in [-0.05, 0) is 52.0 Å². The molecule has 0 aromatic heterocycles. The Balaban J connectivity index is 2.24. The lowest BCUT2D eigenvalue weighted by atomic mass is 9.90. The Morgan fingerprint density at radius 1 is 1.41 bits per heavy atom. The van der Waals surface area contributed by atoms with Crippen molar-refractivity contribution in [3.63, 3.8) is 0 Å². The molecular weight excluding hydrogens is 215 g/mol. The van der Waals surface area contributed by atoms with E-state index in [0.29, 0.717) is 6.54 Å². The maximum absolute atomic E-state index is 14.0. The smallest absolute Gasteiger partial charge is 0.128 e. The Labute approximate surface area is 103 Å². The standard InChI is InChI=1S/C14H21FN2/c1-14(7-4-8-16-14)12-6-5-11(10-17(2)3)13(15)9-12/h5-6,9,16H,4,7-8,10H2,1-3H3. The lowest BCUT2D eigenvalue weighted by molar-refractivity contribution is 0.390. The van der Waals surface area contributed by atoms with Crippen molar-refractivity contribution in [1.82, 2.24) is 10.2 Å². The van der Waals surface area contributed by atoms with Gasteiger partial charge in [-0.2, -0.15) is 0 Å². The van der Waals surface area contributed by atoms with E-state index in [1.54, 1.807) is 6.07 Å². The minimum Gasteiger partial charge on any atom is -0.308 e. The van der Waals surface area contributed by atoms with Gasteiger partial charge in [0.2, 0.25) is 0 Å². The molecule has 0 spiro atoms. The quantitative estimate of drug-likeness (QED) is 0.867. The van der Waals surface area contributed by atoms with Crippen molar-refractivity contribution in [3.05, 3.63) is 35.1 Å². The maximum Gasteiger partial charge on any atom is 0.128 e. The Hall–Kier alpha value is -0.930. The third-order valence-electron chi connectivity index (χ3n) is 3.55. The molecule has 1 aromatic carbocycles. The molecule has 1 aliphatic rings. The molecule has 1 aliphatic heterocycles. The summed E-state index contributed by atoms with van der Waals surface area (Å²) in [4.78, 5) is 1.98. The molecule has 0 radical (unpaired) electrons. The Kier molecular flexibility index (Phi) is 3.50. The fourth-order valence-corrected chi connectivity index (χ4v) is 2.50. The van der Waals surface area contributed by atoms with Crippen LogP contribution in [-0.2, 0) is 12.1 Å². The molecule has 17 heavy (non-hydrogen) atoms. The highest BCUT2D eigenvalue weighted by Gasteiger charge is 2.30. The van der Waals surface area contributed by atoms with Gasteiger partial charge in [-0.3, -0.25) is 0 Å². The summed E-state index contributed by atoms with van der Waals surface area (Å²) in [5.74, 6) is -0.0916. The first-order valence-corrected chi connectivity index (χ1v) is 6.20. The number of halogens is 1. The summed E-state index contributed by atoms with van der Waals surface area (Å²) in [6, 6.07) is 5.66. The third-order valence-corrected chi connectivity index (χ3v) is 3.55. The fourth-order valence-electron chi connectivity index (χ4n) is 2.50. The second-order valence-electron chi connectivity index (χ2n) is 5.41. The van der Waals surface area contributed by atoms with E-state index in [0.717, 1.165) is 30.5 Å². The van der Waals surface area contributed by atoms with Crippen LogP contribution in [0.5, 0.6) is 0 Å². The van der Waals surface area contributed by atoms with E-state index in [1.807, 2.05) is 25.1 Å². The average Bonchev–Trinajstić information content (AvgIpc) is 2.69. The summed E-state index contributed by atoms with van der Waals surface area (Å²) in [6.07, 6.45) is 2.25. The van der Waals surface area contributed by atoms with Gasteiger partial charge < -0.3 is 10.2 Å². The van der Waals surface area contributed by atoms with E-state index in [4.69, 9.17) is 0 Å². The fraction of sp³-hybridized carbons (Fsp3) is 0.571. The Morgan fingerprint density at radius 2 is 2.18 bits per heavy atom. The lowest BCUT2D eigenvalue weighted by Gasteiger charge is -2.25. The SMILES string of the molecule is CN(C)Cc1ccc(C2(C)CCCN2)cc1F. The highest BCUT2D eigenvalue weighted by Crippen LogP contribution is 2.31. The number of hydrogen-bond donors (Lipinski definition) is 1. The molecule has 0 saturated carbocycles. The van der Waals surface area contributed by atoms with Gasteiger partial charge in [0.1, 0.15) is 5.82 Å². The summed E-state index contributed by atoms with van der Waals surface area (Å²) >= 11 is 0. The predicted molar refractivity (Wildman–Crippen MR) is 68.4 cm³/mol. The van der Waals surface area contributed by atoms with Crippen LogP contribution in [0.25, 0.3) is 0 Å². The van der Waals surface area contributed by atoms with Crippen molar-refractivity contribution in [2.24, 2.45) is 0 Å². The van der Waals surface area contributed by atoms with Crippen molar-refractivity contribution in [3.8, 4) is 0 Å². The van der Waals surface area contributed by atoms with Crippen LogP contribution < -0.4 is 5.32 Å². The molecular formula is C14H21FN2. The highest BCUT2D eigenvalue weighted by atomic mass is 19.1. The molecule has 3 heteroatoms. The zero-order chi connectivity index (χ0) is 12.5. The molecule has 1 N–H and O–H groups in total. The monoisotopic (exact) mass is 236 g/mol. The van der Waals surface area contributed by atoms with Crippen LogP contribution in [0.4, 0.5) is 4.39 Å². The summed E-state index contributed by atoms with van der Waals surface area (Å²) < 4.78 is 14.0. The minimum absolute atomic E-state index is 0.0442. The van der Waals surface area contributed by atoms with Gasteiger partial charge in [-0.1, -0.05) is 12.1 Å². The van der Waals surface area contributed by atoms with E-state index in [1.165, 1.54) is 0 Å². The van der Waals surface area contributed by atoms with E-state index in [9.17, 15) is 4.39 Å². The number of nitrogens with zero attached hydrogens (tertiary/aromatic N) is 1. The topological polar surface area (TPSA) is 15.3 Å². The number of rotatable bonds is 3. The highest BCUT2D eigenvalue weighted by molar-refractivity contribution is 5.30. The summed E-state index contributed by atoms with van der Waals surface area (Å²) in [7, 11) is 3.90. The zero-order valence-corrected chi connectivity index (χ0v) is 10.9. The van der Waals surface area contributed by atoms with Gasteiger partial charge in [0.25, 0.3) is 0 Å². The van der Waals surface area contributed by atoms with Crippen molar-refractivity contribution in [1.29, 1.82) is 0 Å². The van der Waals surface area contributed by atoms with Crippen LogP contribution in [0, 0.1) is 5.82 Å². The van der Waals surface area contributed by atoms with E-state index in [-0.39, 0.29) is 11.4 Å². The van der Waals surface area contributed by atoms with Crippen LogP contribution in [0.15, 0.2) is 18.2 Å². The van der Waals surface area contributed by atoms with Gasteiger partial charge in [0, 0.05) is 17.6 Å². The predicted octanol–water partition coefficient (Wildman–Crippen LogP) is 2.49. The molecule has 1 saturated heterocycles. The van der Waals surface area contributed by atoms with Gasteiger partial charge in [0.15, 0.2) is 0 Å². The first kappa shape index (κ1) is 12.5. The second kappa shape index (κ2) is 4.75. The van der Waals surface area contributed by atoms with E-state index in [2.05, 4.69) is 18.3 Å². The molecule has 1 aromatic rings. The van der Waals surface area contributed by atoms with Crippen molar-refractivity contribution < 1.29 is 4.39 Å². The number of nitrogens with one attached hydrogen (secondary N) is 1. The average molecular weight is 236 g/mol. The van der Waals surface area contributed by atoms with E-state index < -0.39 is 0 Å². The largest absolute Gasteiger partial charge is 0.308 e. The van der Waals surface area contributed by atoms with Crippen LogP contribution in [-0.4, -0.2) is 25.5 Å².